The molecule has 0 saturated heterocycles. The van der Waals surface area contributed by atoms with E-state index in [0.29, 0.717) is 25.7 Å². The fraction of sp³-hybridized carbons (Fsp3) is 0.600. The molecule has 0 unspecified atom stereocenters. The Morgan fingerprint density at radius 2 is 1.23 bits per heavy atom. The topological polar surface area (TPSA) is 46.2 Å². The van der Waals surface area contributed by atoms with E-state index in [-0.39, 0.29) is 0 Å². The van der Waals surface area contributed by atoms with E-state index in [1.807, 2.05) is 39.0 Å². The van der Waals surface area contributed by atoms with Crippen LogP contribution in [0.4, 0.5) is 0 Å². The Balaban J connectivity index is 0.000000409. The van der Waals surface area contributed by atoms with Crippen molar-refractivity contribution in [2.24, 2.45) is 0 Å². The lowest BCUT2D eigenvalue weighted by atomic mass is 10.2. The molecule has 7 heteroatoms. The largest absolute Gasteiger partial charge is 0.497 e. The molecule has 0 amide bonds. The molecule has 0 saturated carbocycles. The summed E-state index contributed by atoms with van der Waals surface area (Å²) in [4.78, 5) is 0. The highest BCUT2D eigenvalue weighted by Gasteiger charge is 2.07. The van der Waals surface area contributed by atoms with Crippen molar-refractivity contribution in [3.05, 3.63) is 23.8 Å². The number of halogens is 1. The molecule has 128 valence electrons. The molecule has 1 aromatic carbocycles. The lowest BCUT2D eigenvalue weighted by molar-refractivity contribution is 0.176. The lowest BCUT2D eigenvalue weighted by Crippen LogP contribution is -1.94. The first kappa shape index (κ1) is 21.4. The standard InChI is InChI=1S/C9H11ClO2.C6H15O3P/c1-11-8-3-7(6-10)4-9(5-8)12-2;1-4-7-10(8-5-2)9-6-3/h3-5H,6H2,1-2H3;4-6H2,1-3H3. The molecule has 0 radical (unpaired) electrons. The van der Waals surface area contributed by atoms with Crippen molar-refractivity contribution in [3.63, 3.8) is 0 Å². The van der Waals surface area contributed by atoms with Gasteiger partial charge in [0, 0.05) is 11.9 Å². The second kappa shape index (κ2) is 14.0. The van der Waals surface area contributed by atoms with Crippen LogP contribution in [0.1, 0.15) is 26.3 Å². The summed E-state index contributed by atoms with van der Waals surface area (Å²) >= 11 is 5.67. The summed E-state index contributed by atoms with van der Waals surface area (Å²) in [7, 11) is 2.17. The van der Waals surface area contributed by atoms with Gasteiger partial charge in [-0.3, -0.25) is 0 Å². The van der Waals surface area contributed by atoms with Crippen LogP contribution < -0.4 is 9.47 Å². The predicted molar refractivity (Wildman–Crippen MR) is 90.9 cm³/mol. The molecular weight excluding hydrogens is 327 g/mol. The third kappa shape index (κ3) is 9.44. The van der Waals surface area contributed by atoms with E-state index >= 15 is 0 Å². The van der Waals surface area contributed by atoms with Gasteiger partial charge in [-0.15, -0.1) is 11.6 Å². The summed E-state index contributed by atoms with van der Waals surface area (Å²) in [6.07, 6.45) is 0. The summed E-state index contributed by atoms with van der Waals surface area (Å²) in [5, 5.41) is 0. The molecule has 0 N–H and O–H groups in total. The SMILES string of the molecule is CCOP(OCC)OCC.COc1cc(CCl)cc(OC)c1. The summed E-state index contributed by atoms with van der Waals surface area (Å²) in [5.41, 5.74) is 0.993. The Morgan fingerprint density at radius 3 is 1.50 bits per heavy atom. The molecule has 0 aliphatic rings. The maximum atomic E-state index is 5.67. The van der Waals surface area contributed by atoms with Crippen molar-refractivity contribution in [2.75, 3.05) is 34.0 Å². The third-order valence-corrected chi connectivity index (χ3v) is 3.98. The van der Waals surface area contributed by atoms with Crippen molar-refractivity contribution in [1.82, 2.24) is 0 Å². The molecular formula is C15H26ClO5P. The maximum Gasteiger partial charge on any atom is 0.332 e. The summed E-state index contributed by atoms with van der Waals surface area (Å²) < 4.78 is 25.6. The van der Waals surface area contributed by atoms with Crippen LogP contribution in [0.15, 0.2) is 18.2 Å². The number of ether oxygens (including phenoxy) is 2. The highest BCUT2D eigenvalue weighted by molar-refractivity contribution is 7.41. The highest BCUT2D eigenvalue weighted by atomic mass is 35.5. The monoisotopic (exact) mass is 352 g/mol. The van der Waals surface area contributed by atoms with Gasteiger partial charge in [-0.1, -0.05) is 0 Å². The normalized spacial score (nSPS) is 10.1. The molecule has 0 fully saturated rings. The van der Waals surface area contributed by atoms with E-state index in [1.165, 1.54) is 0 Å². The Bertz CT molecular complexity index is 323. The van der Waals surface area contributed by atoms with Crippen LogP contribution >= 0.6 is 20.2 Å². The van der Waals surface area contributed by atoms with Gasteiger partial charge in [0.2, 0.25) is 0 Å². The fourth-order valence-corrected chi connectivity index (χ4v) is 2.38. The highest BCUT2D eigenvalue weighted by Crippen LogP contribution is 2.38. The zero-order valence-corrected chi connectivity index (χ0v) is 15.6. The number of benzene rings is 1. The van der Waals surface area contributed by atoms with Crippen LogP contribution in [0.3, 0.4) is 0 Å². The van der Waals surface area contributed by atoms with Gasteiger partial charge < -0.3 is 23.0 Å². The Morgan fingerprint density at radius 1 is 0.818 bits per heavy atom. The quantitative estimate of drug-likeness (QED) is 0.473. The summed E-state index contributed by atoms with van der Waals surface area (Å²) in [6.45, 7) is 7.71. The van der Waals surface area contributed by atoms with Crippen molar-refractivity contribution in [3.8, 4) is 11.5 Å². The predicted octanol–water partition coefficient (Wildman–Crippen LogP) is 4.77. The molecule has 0 spiro atoms. The first-order chi connectivity index (χ1) is 10.6. The lowest BCUT2D eigenvalue weighted by Gasteiger charge is -2.12. The smallest absolute Gasteiger partial charge is 0.332 e. The molecule has 0 atom stereocenters. The van der Waals surface area contributed by atoms with Gasteiger partial charge in [0.05, 0.1) is 34.0 Å². The molecule has 1 aromatic rings. The molecule has 1 rings (SSSR count). The number of methoxy groups -OCH3 is 2. The van der Waals surface area contributed by atoms with Gasteiger partial charge >= 0.3 is 8.60 Å². The number of hydrogen-bond donors (Lipinski definition) is 0. The van der Waals surface area contributed by atoms with Crippen molar-refractivity contribution in [1.29, 1.82) is 0 Å². The molecule has 0 heterocycles. The summed E-state index contributed by atoms with van der Waals surface area (Å²) in [5.74, 6) is 2.00. The second-order valence-corrected chi connectivity index (χ2v) is 5.32. The molecule has 5 nitrogen and oxygen atoms in total. The minimum Gasteiger partial charge on any atom is -0.497 e. The van der Waals surface area contributed by atoms with E-state index < -0.39 is 8.60 Å². The van der Waals surface area contributed by atoms with Gasteiger partial charge in [0.1, 0.15) is 11.5 Å². The third-order valence-electron chi connectivity index (χ3n) is 2.27. The minimum absolute atomic E-state index is 0.466. The van der Waals surface area contributed by atoms with Gasteiger partial charge in [0.15, 0.2) is 0 Å². The van der Waals surface area contributed by atoms with E-state index in [9.17, 15) is 0 Å². The number of hydrogen-bond acceptors (Lipinski definition) is 5. The molecule has 0 aliphatic carbocycles. The van der Waals surface area contributed by atoms with Crippen LogP contribution in [0.2, 0.25) is 0 Å². The molecule has 0 aromatic heterocycles. The van der Waals surface area contributed by atoms with E-state index in [4.69, 9.17) is 34.6 Å². The van der Waals surface area contributed by atoms with Crippen LogP contribution in [0.5, 0.6) is 11.5 Å². The van der Waals surface area contributed by atoms with Crippen LogP contribution in [0.25, 0.3) is 0 Å². The van der Waals surface area contributed by atoms with Crippen molar-refractivity contribution in [2.45, 2.75) is 26.7 Å². The zero-order valence-electron chi connectivity index (χ0n) is 13.9. The average Bonchev–Trinajstić information content (AvgIpc) is 2.55. The molecule has 0 aliphatic heterocycles. The maximum absolute atomic E-state index is 5.67. The Hall–Kier alpha value is -0.580. The van der Waals surface area contributed by atoms with Gasteiger partial charge in [-0.25, -0.2) is 0 Å². The number of alkyl halides is 1. The fourth-order valence-electron chi connectivity index (χ4n) is 1.37. The first-order valence-corrected chi connectivity index (χ1v) is 8.74. The zero-order chi connectivity index (χ0) is 16.8. The molecule has 0 bridgehead atoms. The number of rotatable bonds is 9. The van der Waals surface area contributed by atoms with Crippen molar-refractivity contribution >= 4 is 20.2 Å². The second-order valence-electron chi connectivity index (χ2n) is 3.83. The van der Waals surface area contributed by atoms with Crippen LogP contribution in [-0.4, -0.2) is 34.0 Å². The van der Waals surface area contributed by atoms with Gasteiger partial charge in [0.25, 0.3) is 0 Å². The van der Waals surface area contributed by atoms with E-state index in [2.05, 4.69) is 0 Å². The minimum atomic E-state index is -1.06. The van der Waals surface area contributed by atoms with Crippen molar-refractivity contribution < 1.29 is 23.0 Å². The van der Waals surface area contributed by atoms with Crippen LogP contribution in [-0.2, 0) is 19.5 Å². The Labute approximate surface area is 139 Å². The van der Waals surface area contributed by atoms with E-state index in [1.54, 1.807) is 14.2 Å². The van der Waals surface area contributed by atoms with Gasteiger partial charge in [-0.05, 0) is 38.5 Å². The van der Waals surface area contributed by atoms with Crippen LogP contribution in [0, 0.1) is 0 Å². The average molecular weight is 353 g/mol. The first-order valence-electron chi connectivity index (χ1n) is 7.11. The summed E-state index contributed by atoms with van der Waals surface area (Å²) in [6, 6.07) is 5.58. The molecule has 22 heavy (non-hydrogen) atoms. The van der Waals surface area contributed by atoms with Gasteiger partial charge in [-0.2, -0.15) is 0 Å². The van der Waals surface area contributed by atoms with E-state index in [0.717, 1.165) is 17.1 Å². The Kier molecular flexibility index (Phi) is 13.7.